The Hall–Kier alpha value is -0.0800. The first kappa shape index (κ1) is 17.3. The van der Waals surface area contributed by atoms with E-state index >= 15 is 0 Å². The molecule has 0 radical (unpaired) electrons. The molecule has 1 N–H and O–H groups in total. The molecule has 0 unspecified atom stereocenters. The third-order valence-corrected chi connectivity index (χ3v) is 5.80. The van der Waals surface area contributed by atoms with Crippen molar-refractivity contribution in [1.29, 1.82) is 0 Å². The lowest BCUT2D eigenvalue weighted by atomic mass is 9.73. The maximum Gasteiger partial charge on any atom is 0.00501 e. The van der Waals surface area contributed by atoms with Crippen LogP contribution in [-0.4, -0.2) is 37.6 Å². The van der Waals surface area contributed by atoms with Gasteiger partial charge in [0.25, 0.3) is 0 Å². The molecule has 1 saturated heterocycles. The second-order valence-corrected chi connectivity index (χ2v) is 7.75. The molecular weight excluding hydrogens is 256 g/mol. The lowest BCUT2D eigenvalue weighted by molar-refractivity contribution is 0.0765. The van der Waals surface area contributed by atoms with Gasteiger partial charge < -0.3 is 10.2 Å². The van der Waals surface area contributed by atoms with Gasteiger partial charge in [0.15, 0.2) is 0 Å². The van der Waals surface area contributed by atoms with Crippen LogP contribution in [0.25, 0.3) is 0 Å². The van der Waals surface area contributed by atoms with Crippen LogP contribution in [-0.2, 0) is 0 Å². The summed E-state index contributed by atoms with van der Waals surface area (Å²) in [6, 6.07) is 0. The molecule has 1 aliphatic heterocycles. The van der Waals surface area contributed by atoms with Crippen molar-refractivity contribution in [3.05, 3.63) is 0 Å². The first-order chi connectivity index (χ1) is 10.3. The fraction of sp³-hybridized carbons (Fsp3) is 1.00. The SMILES string of the molecule is CCCNCC1(CN2CCC(CCC)CC2)CCCCC1. The van der Waals surface area contributed by atoms with Crippen molar-refractivity contribution in [2.24, 2.45) is 11.3 Å². The second kappa shape index (κ2) is 9.15. The summed E-state index contributed by atoms with van der Waals surface area (Å²) in [5, 5.41) is 3.74. The van der Waals surface area contributed by atoms with E-state index in [1.807, 2.05) is 0 Å². The summed E-state index contributed by atoms with van der Waals surface area (Å²) in [6.45, 7) is 11.2. The average molecular weight is 295 g/mol. The van der Waals surface area contributed by atoms with Crippen LogP contribution in [0.3, 0.4) is 0 Å². The fourth-order valence-electron chi connectivity index (χ4n) is 4.54. The summed E-state index contributed by atoms with van der Waals surface area (Å²) in [4.78, 5) is 2.80. The number of likely N-dealkylation sites (tertiary alicyclic amines) is 1. The van der Waals surface area contributed by atoms with Gasteiger partial charge in [-0.3, -0.25) is 0 Å². The molecule has 0 spiro atoms. The van der Waals surface area contributed by atoms with Gasteiger partial charge in [0, 0.05) is 13.1 Å². The molecule has 0 aromatic rings. The van der Waals surface area contributed by atoms with Gasteiger partial charge >= 0.3 is 0 Å². The molecule has 2 fully saturated rings. The molecule has 2 aliphatic rings. The van der Waals surface area contributed by atoms with Crippen molar-refractivity contribution in [2.75, 3.05) is 32.7 Å². The fourth-order valence-corrected chi connectivity index (χ4v) is 4.54. The topological polar surface area (TPSA) is 15.3 Å². The molecule has 0 atom stereocenters. The van der Waals surface area contributed by atoms with Crippen LogP contribution in [0.5, 0.6) is 0 Å². The van der Waals surface area contributed by atoms with Crippen LogP contribution in [0.1, 0.15) is 78.1 Å². The van der Waals surface area contributed by atoms with Gasteiger partial charge in [-0.25, -0.2) is 0 Å². The lowest BCUT2D eigenvalue weighted by Gasteiger charge is -2.43. The molecule has 2 heteroatoms. The molecule has 21 heavy (non-hydrogen) atoms. The van der Waals surface area contributed by atoms with Gasteiger partial charge in [-0.1, -0.05) is 46.0 Å². The van der Waals surface area contributed by atoms with Gasteiger partial charge in [0.05, 0.1) is 0 Å². The van der Waals surface area contributed by atoms with Crippen molar-refractivity contribution in [3.63, 3.8) is 0 Å². The molecule has 1 heterocycles. The van der Waals surface area contributed by atoms with Crippen molar-refractivity contribution in [1.82, 2.24) is 10.2 Å². The quantitative estimate of drug-likeness (QED) is 0.665. The smallest absolute Gasteiger partial charge is 0.00501 e. The van der Waals surface area contributed by atoms with E-state index in [1.54, 1.807) is 0 Å². The molecule has 1 aliphatic carbocycles. The highest BCUT2D eigenvalue weighted by atomic mass is 15.1. The van der Waals surface area contributed by atoms with Crippen LogP contribution in [0.4, 0.5) is 0 Å². The number of hydrogen-bond donors (Lipinski definition) is 1. The Morgan fingerprint density at radius 2 is 1.71 bits per heavy atom. The highest BCUT2D eigenvalue weighted by molar-refractivity contribution is 4.89. The minimum absolute atomic E-state index is 0.588. The molecule has 0 bridgehead atoms. The summed E-state index contributed by atoms with van der Waals surface area (Å²) in [5.74, 6) is 1.02. The third kappa shape index (κ3) is 5.56. The summed E-state index contributed by atoms with van der Waals surface area (Å²) in [5.41, 5.74) is 0.588. The Labute approximate surface area is 133 Å². The van der Waals surface area contributed by atoms with Gasteiger partial charge in [-0.2, -0.15) is 0 Å². The maximum absolute atomic E-state index is 3.74. The molecule has 0 amide bonds. The Morgan fingerprint density at radius 3 is 2.33 bits per heavy atom. The summed E-state index contributed by atoms with van der Waals surface area (Å²) in [6.07, 6.45) is 14.3. The van der Waals surface area contributed by atoms with E-state index in [-0.39, 0.29) is 0 Å². The van der Waals surface area contributed by atoms with Crippen molar-refractivity contribution < 1.29 is 0 Å². The molecule has 1 saturated carbocycles. The van der Waals surface area contributed by atoms with E-state index in [1.165, 1.54) is 96.9 Å². The Kier molecular flexibility index (Phi) is 7.53. The second-order valence-electron chi connectivity index (χ2n) is 7.75. The zero-order chi connectivity index (χ0) is 15.0. The summed E-state index contributed by atoms with van der Waals surface area (Å²) < 4.78 is 0. The number of hydrogen-bond acceptors (Lipinski definition) is 2. The van der Waals surface area contributed by atoms with Gasteiger partial charge in [0.1, 0.15) is 0 Å². The first-order valence-corrected chi connectivity index (χ1v) is 9.71. The van der Waals surface area contributed by atoms with E-state index in [9.17, 15) is 0 Å². The van der Waals surface area contributed by atoms with Crippen LogP contribution >= 0.6 is 0 Å². The Morgan fingerprint density at radius 1 is 1.00 bits per heavy atom. The minimum atomic E-state index is 0.588. The molecular formula is C19H38N2. The number of piperidine rings is 1. The number of rotatable bonds is 8. The summed E-state index contributed by atoms with van der Waals surface area (Å²) in [7, 11) is 0. The van der Waals surface area contributed by atoms with E-state index < -0.39 is 0 Å². The van der Waals surface area contributed by atoms with Gasteiger partial charge in [0.2, 0.25) is 0 Å². The summed E-state index contributed by atoms with van der Waals surface area (Å²) >= 11 is 0. The van der Waals surface area contributed by atoms with Crippen LogP contribution in [0.2, 0.25) is 0 Å². The number of nitrogens with one attached hydrogen (secondary N) is 1. The lowest BCUT2D eigenvalue weighted by Crippen LogP contribution is -2.47. The number of nitrogens with zero attached hydrogens (tertiary/aromatic N) is 1. The van der Waals surface area contributed by atoms with Crippen LogP contribution in [0, 0.1) is 11.3 Å². The minimum Gasteiger partial charge on any atom is -0.316 e. The van der Waals surface area contributed by atoms with E-state index in [4.69, 9.17) is 0 Å². The predicted octanol–water partition coefficient (Wildman–Crippen LogP) is 4.45. The average Bonchev–Trinajstić information content (AvgIpc) is 2.51. The normalized spacial score (nSPS) is 24.3. The highest BCUT2D eigenvalue weighted by Gasteiger charge is 2.34. The van der Waals surface area contributed by atoms with Crippen LogP contribution < -0.4 is 5.32 Å². The molecule has 0 aromatic heterocycles. The Bertz CT molecular complexity index is 263. The monoisotopic (exact) mass is 294 g/mol. The molecule has 2 rings (SSSR count). The predicted molar refractivity (Wildman–Crippen MR) is 92.8 cm³/mol. The van der Waals surface area contributed by atoms with E-state index in [0.29, 0.717) is 5.41 Å². The van der Waals surface area contributed by atoms with Gasteiger partial charge in [-0.15, -0.1) is 0 Å². The van der Waals surface area contributed by atoms with E-state index in [0.717, 1.165) is 5.92 Å². The largest absolute Gasteiger partial charge is 0.316 e. The highest BCUT2D eigenvalue weighted by Crippen LogP contribution is 2.37. The van der Waals surface area contributed by atoms with Crippen molar-refractivity contribution >= 4 is 0 Å². The molecule has 0 aromatic carbocycles. The zero-order valence-electron chi connectivity index (χ0n) is 14.6. The van der Waals surface area contributed by atoms with Crippen molar-refractivity contribution in [3.8, 4) is 0 Å². The van der Waals surface area contributed by atoms with E-state index in [2.05, 4.69) is 24.1 Å². The van der Waals surface area contributed by atoms with Crippen molar-refractivity contribution in [2.45, 2.75) is 78.1 Å². The third-order valence-electron chi connectivity index (χ3n) is 5.80. The maximum atomic E-state index is 3.74. The Balaban J connectivity index is 1.81. The standard InChI is InChI=1S/C19H38N2/c1-3-8-18-9-14-21(15-10-18)17-19(16-20-13-4-2)11-6-5-7-12-19/h18,20H,3-17H2,1-2H3. The molecule has 2 nitrogen and oxygen atoms in total. The van der Waals surface area contributed by atoms with Crippen LogP contribution in [0.15, 0.2) is 0 Å². The molecule has 124 valence electrons. The zero-order valence-corrected chi connectivity index (χ0v) is 14.6. The first-order valence-electron chi connectivity index (χ1n) is 9.71. The van der Waals surface area contributed by atoms with Gasteiger partial charge in [-0.05, 0) is 63.1 Å².